The van der Waals surface area contributed by atoms with Gasteiger partial charge in [-0.2, -0.15) is 4.98 Å². The van der Waals surface area contributed by atoms with Crippen molar-refractivity contribution < 1.29 is 4.52 Å². The second-order valence-corrected chi connectivity index (χ2v) is 6.26. The first-order chi connectivity index (χ1) is 9.88. The summed E-state index contributed by atoms with van der Waals surface area (Å²) in [6, 6.07) is 0.979. The zero-order chi connectivity index (χ0) is 13.4. The van der Waals surface area contributed by atoms with Crippen LogP contribution in [-0.2, 0) is 6.54 Å². The number of rotatable bonds is 4. The van der Waals surface area contributed by atoms with Crippen molar-refractivity contribution in [3.05, 3.63) is 11.7 Å². The molecule has 0 radical (unpaired) electrons. The molecule has 1 aliphatic carbocycles. The molecular weight excluding hydrogens is 254 g/mol. The topological polar surface area (TPSA) is 57.4 Å². The Morgan fingerprint density at radius 3 is 2.65 bits per heavy atom. The molecule has 1 aromatic rings. The number of aromatic nitrogens is 2. The van der Waals surface area contributed by atoms with E-state index in [4.69, 9.17) is 4.52 Å². The second kappa shape index (κ2) is 5.42. The molecule has 2 bridgehead atoms. The molecule has 1 saturated carbocycles. The molecule has 3 saturated heterocycles. The molecule has 1 N–H and O–H groups in total. The Bertz CT molecular complexity index is 448. The van der Waals surface area contributed by atoms with Gasteiger partial charge in [-0.1, -0.05) is 18.0 Å². The van der Waals surface area contributed by atoms with Crippen LogP contribution in [0.15, 0.2) is 4.52 Å². The molecule has 1 aromatic heterocycles. The Morgan fingerprint density at radius 1 is 1.15 bits per heavy atom. The Morgan fingerprint density at radius 2 is 1.95 bits per heavy atom. The lowest BCUT2D eigenvalue weighted by Gasteiger charge is -2.46. The first kappa shape index (κ1) is 12.7. The highest BCUT2D eigenvalue weighted by molar-refractivity contribution is 5.01. The summed E-state index contributed by atoms with van der Waals surface area (Å²) in [7, 11) is 0. The number of piperazine rings is 3. The quantitative estimate of drug-likeness (QED) is 0.877. The molecule has 6 heteroatoms. The van der Waals surface area contributed by atoms with Crippen LogP contribution in [0.5, 0.6) is 0 Å². The monoisotopic (exact) mass is 277 g/mol. The molecule has 4 heterocycles. The standard InChI is InChI=1S/C14H23N5O/c1-2-4-11(3-1)15-9-13-16-14(17-20-13)12-10-18-5-7-19(12)8-6-18/h11-12,15H,1-10H2. The first-order valence-electron chi connectivity index (χ1n) is 7.91. The summed E-state index contributed by atoms with van der Waals surface area (Å²) in [4.78, 5) is 9.59. The van der Waals surface area contributed by atoms with Gasteiger partial charge < -0.3 is 9.84 Å². The van der Waals surface area contributed by atoms with Gasteiger partial charge in [0.1, 0.15) is 0 Å². The molecule has 4 aliphatic rings. The van der Waals surface area contributed by atoms with Crippen LogP contribution in [-0.4, -0.2) is 58.7 Å². The minimum Gasteiger partial charge on any atom is -0.338 e. The summed E-state index contributed by atoms with van der Waals surface area (Å²) >= 11 is 0. The fourth-order valence-corrected chi connectivity index (χ4v) is 3.70. The summed E-state index contributed by atoms with van der Waals surface area (Å²) in [5, 5.41) is 7.74. The summed E-state index contributed by atoms with van der Waals surface area (Å²) in [6.45, 7) is 6.40. The number of hydrogen-bond acceptors (Lipinski definition) is 6. The SMILES string of the molecule is C1CCC(NCc2nc(C3CN4CCN3CC4)no2)C1. The minimum absolute atomic E-state index is 0.335. The van der Waals surface area contributed by atoms with Crippen molar-refractivity contribution in [3.8, 4) is 0 Å². The van der Waals surface area contributed by atoms with E-state index in [1.807, 2.05) is 0 Å². The van der Waals surface area contributed by atoms with Gasteiger partial charge in [0.05, 0.1) is 12.6 Å². The van der Waals surface area contributed by atoms with Crippen molar-refractivity contribution in [3.63, 3.8) is 0 Å². The maximum Gasteiger partial charge on any atom is 0.240 e. The Balaban J connectivity index is 1.37. The molecule has 0 aromatic carbocycles. The van der Waals surface area contributed by atoms with Crippen molar-refractivity contribution >= 4 is 0 Å². The summed E-state index contributed by atoms with van der Waals surface area (Å²) in [5.74, 6) is 1.61. The van der Waals surface area contributed by atoms with E-state index in [1.54, 1.807) is 0 Å². The van der Waals surface area contributed by atoms with Gasteiger partial charge in [0, 0.05) is 38.8 Å². The molecule has 20 heavy (non-hydrogen) atoms. The van der Waals surface area contributed by atoms with Crippen LogP contribution < -0.4 is 5.32 Å². The van der Waals surface area contributed by atoms with Crippen LogP contribution in [0.1, 0.15) is 43.4 Å². The highest BCUT2D eigenvalue weighted by atomic mass is 16.5. The van der Waals surface area contributed by atoms with Crippen LogP contribution in [0, 0.1) is 0 Å². The Kier molecular flexibility index (Phi) is 3.45. The van der Waals surface area contributed by atoms with Crippen molar-refractivity contribution in [2.45, 2.75) is 44.3 Å². The highest BCUT2D eigenvalue weighted by Crippen LogP contribution is 2.26. The maximum atomic E-state index is 5.42. The van der Waals surface area contributed by atoms with Gasteiger partial charge in [0.15, 0.2) is 5.82 Å². The normalized spacial score (nSPS) is 33.9. The summed E-state index contributed by atoms with van der Waals surface area (Å²) in [5.41, 5.74) is 0. The molecule has 6 nitrogen and oxygen atoms in total. The highest BCUT2D eigenvalue weighted by Gasteiger charge is 2.35. The average Bonchev–Trinajstić information content (AvgIpc) is 3.18. The van der Waals surface area contributed by atoms with E-state index in [-0.39, 0.29) is 0 Å². The molecule has 1 unspecified atom stereocenters. The molecular formula is C14H23N5O. The molecule has 1 atom stereocenters. The Labute approximate surface area is 119 Å². The van der Waals surface area contributed by atoms with Gasteiger partial charge in [0.2, 0.25) is 5.89 Å². The third-order valence-electron chi connectivity index (χ3n) is 4.96. The second-order valence-electron chi connectivity index (χ2n) is 6.26. The van der Waals surface area contributed by atoms with Gasteiger partial charge in [-0.3, -0.25) is 9.80 Å². The lowest BCUT2D eigenvalue weighted by atomic mass is 10.1. The number of nitrogens with zero attached hydrogens (tertiary/aromatic N) is 4. The van der Waals surface area contributed by atoms with Crippen LogP contribution >= 0.6 is 0 Å². The minimum atomic E-state index is 0.335. The van der Waals surface area contributed by atoms with E-state index in [9.17, 15) is 0 Å². The first-order valence-corrected chi connectivity index (χ1v) is 7.91. The molecule has 5 rings (SSSR count). The molecule has 110 valence electrons. The van der Waals surface area contributed by atoms with E-state index >= 15 is 0 Å². The predicted octanol–water partition coefficient (Wildman–Crippen LogP) is 0.774. The third-order valence-corrected chi connectivity index (χ3v) is 4.96. The van der Waals surface area contributed by atoms with Crippen LogP contribution in [0.4, 0.5) is 0 Å². The van der Waals surface area contributed by atoms with Crippen LogP contribution in [0.2, 0.25) is 0 Å². The van der Waals surface area contributed by atoms with Gasteiger partial charge in [-0.05, 0) is 12.8 Å². The van der Waals surface area contributed by atoms with Crippen molar-refractivity contribution in [2.24, 2.45) is 0 Å². The van der Waals surface area contributed by atoms with Crippen LogP contribution in [0.25, 0.3) is 0 Å². The third kappa shape index (κ3) is 2.47. The average molecular weight is 277 g/mol. The fraction of sp³-hybridized carbons (Fsp3) is 0.857. The van der Waals surface area contributed by atoms with Gasteiger partial charge in [-0.15, -0.1) is 0 Å². The maximum absolute atomic E-state index is 5.42. The zero-order valence-corrected chi connectivity index (χ0v) is 11.9. The molecule has 0 amide bonds. The number of nitrogens with one attached hydrogen (secondary N) is 1. The van der Waals surface area contributed by atoms with Gasteiger partial charge in [-0.25, -0.2) is 0 Å². The molecule has 3 aliphatic heterocycles. The number of hydrogen-bond donors (Lipinski definition) is 1. The van der Waals surface area contributed by atoms with E-state index in [1.165, 1.54) is 38.8 Å². The predicted molar refractivity (Wildman–Crippen MR) is 74.1 cm³/mol. The van der Waals surface area contributed by atoms with Crippen molar-refractivity contribution in [1.82, 2.24) is 25.3 Å². The zero-order valence-electron chi connectivity index (χ0n) is 11.9. The summed E-state index contributed by atoms with van der Waals surface area (Å²) in [6.07, 6.45) is 5.26. The largest absolute Gasteiger partial charge is 0.338 e. The van der Waals surface area contributed by atoms with E-state index in [0.717, 1.165) is 31.3 Å². The van der Waals surface area contributed by atoms with E-state index in [2.05, 4.69) is 25.3 Å². The lowest BCUT2D eigenvalue weighted by Crippen LogP contribution is -2.57. The van der Waals surface area contributed by atoms with Gasteiger partial charge in [0.25, 0.3) is 0 Å². The van der Waals surface area contributed by atoms with Gasteiger partial charge >= 0.3 is 0 Å². The van der Waals surface area contributed by atoms with Crippen molar-refractivity contribution in [2.75, 3.05) is 32.7 Å². The lowest BCUT2D eigenvalue weighted by molar-refractivity contribution is 0.00781. The van der Waals surface area contributed by atoms with Crippen LogP contribution in [0.3, 0.4) is 0 Å². The smallest absolute Gasteiger partial charge is 0.240 e. The number of fused-ring (bicyclic) bond motifs is 3. The summed E-state index contributed by atoms with van der Waals surface area (Å²) < 4.78 is 5.42. The fourth-order valence-electron chi connectivity index (χ4n) is 3.70. The van der Waals surface area contributed by atoms with E-state index in [0.29, 0.717) is 18.6 Å². The Hall–Kier alpha value is -0.980. The van der Waals surface area contributed by atoms with E-state index < -0.39 is 0 Å². The molecule has 4 fully saturated rings. The van der Waals surface area contributed by atoms with Crippen molar-refractivity contribution in [1.29, 1.82) is 0 Å². The molecule has 0 spiro atoms.